The Morgan fingerprint density at radius 2 is 1.96 bits per heavy atom. The summed E-state index contributed by atoms with van der Waals surface area (Å²) in [6, 6.07) is 7.37. The number of likely N-dealkylation sites (tertiary alicyclic amines) is 1. The molecule has 6 heteroatoms. The van der Waals surface area contributed by atoms with E-state index in [1.807, 2.05) is 32.9 Å². The lowest BCUT2D eigenvalue weighted by Gasteiger charge is -2.33. The minimum atomic E-state index is -0.527. The van der Waals surface area contributed by atoms with Gasteiger partial charge in [-0.25, -0.2) is 4.79 Å². The molecule has 1 atom stereocenters. The fourth-order valence-electron chi connectivity index (χ4n) is 2.62. The quantitative estimate of drug-likeness (QED) is 0.904. The molecule has 2 rings (SSSR count). The minimum absolute atomic E-state index is 0.0294. The van der Waals surface area contributed by atoms with E-state index in [9.17, 15) is 9.59 Å². The summed E-state index contributed by atoms with van der Waals surface area (Å²) in [6.07, 6.45) is 1.24. The van der Waals surface area contributed by atoms with Crippen molar-refractivity contribution in [3.05, 3.63) is 34.9 Å². The van der Waals surface area contributed by atoms with E-state index in [1.165, 1.54) is 0 Å². The third-order valence-electron chi connectivity index (χ3n) is 3.82. The number of carbonyl (C=O) groups excluding carboxylic acids is 2. The molecule has 0 aliphatic carbocycles. The van der Waals surface area contributed by atoms with Crippen LogP contribution < -0.4 is 5.32 Å². The van der Waals surface area contributed by atoms with Crippen molar-refractivity contribution >= 4 is 23.6 Å². The molecule has 1 saturated heterocycles. The van der Waals surface area contributed by atoms with Crippen LogP contribution in [0.3, 0.4) is 0 Å². The van der Waals surface area contributed by atoms with E-state index in [0.717, 1.165) is 18.4 Å². The fourth-order valence-corrected chi connectivity index (χ4v) is 2.75. The van der Waals surface area contributed by atoms with Crippen molar-refractivity contribution in [1.29, 1.82) is 0 Å². The molecule has 1 heterocycles. The maximum Gasteiger partial charge on any atom is 0.410 e. The van der Waals surface area contributed by atoms with Gasteiger partial charge in [0.1, 0.15) is 5.60 Å². The van der Waals surface area contributed by atoms with E-state index >= 15 is 0 Å². The van der Waals surface area contributed by atoms with Crippen LogP contribution in [0.2, 0.25) is 5.02 Å². The second kappa shape index (κ2) is 7.88. The molecule has 24 heavy (non-hydrogen) atoms. The normalized spacial score (nSPS) is 18.2. The first-order chi connectivity index (χ1) is 11.2. The van der Waals surface area contributed by atoms with Gasteiger partial charge in [-0.1, -0.05) is 23.7 Å². The highest BCUT2D eigenvalue weighted by Crippen LogP contribution is 2.20. The number of carbonyl (C=O) groups is 2. The zero-order valence-corrected chi connectivity index (χ0v) is 15.2. The van der Waals surface area contributed by atoms with Crippen LogP contribution in [0.4, 0.5) is 4.79 Å². The number of halogens is 1. The Bertz CT molecular complexity index is 581. The van der Waals surface area contributed by atoms with Crippen molar-refractivity contribution in [2.24, 2.45) is 5.92 Å². The number of hydrogen-bond donors (Lipinski definition) is 1. The number of ether oxygens (including phenoxy) is 1. The summed E-state index contributed by atoms with van der Waals surface area (Å²) in [5.74, 6) is -0.225. The summed E-state index contributed by atoms with van der Waals surface area (Å²) in [7, 11) is 0. The van der Waals surface area contributed by atoms with Crippen LogP contribution in [0.25, 0.3) is 0 Å². The first-order valence-electron chi connectivity index (χ1n) is 8.25. The van der Waals surface area contributed by atoms with Crippen LogP contribution >= 0.6 is 11.6 Å². The van der Waals surface area contributed by atoms with Gasteiger partial charge in [-0.2, -0.15) is 0 Å². The van der Waals surface area contributed by atoms with Crippen molar-refractivity contribution < 1.29 is 14.3 Å². The number of benzene rings is 1. The molecule has 2 amide bonds. The van der Waals surface area contributed by atoms with Gasteiger partial charge >= 0.3 is 6.09 Å². The lowest BCUT2D eigenvalue weighted by molar-refractivity contribution is -0.126. The topological polar surface area (TPSA) is 58.6 Å². The van der Waals surface area contributed by atoms with Crippen LogP contribution in [0.1, 0.15) is 39.2 Å². The Hall–Kier alpha value is -1.75. The molecule has 0 aromatic heterocycles. The van der Waals surface area contributed by atoms with E-state index in [2.05, 4.69) is 5.32 Å². The van der Waals surface area contributed by atoms with Gasteiger partial charge in [-0.15, -0.1) is 0 Å². The summed E-state index contributed by atoms with van der Waals surface area (Å²) in [5.41, 5.74) is 0.466. The molecule has 132 valence electrons. The van der Waals surface area contributed by atoms with E-state index in [-0.39, 0.29) is 17.9 Å². The third-order valence-corrected chi connectivity index (χ3v) is 4.08. The summed E-state index contributed by atoms with van der Waals surface area (Å²) in [5, 5.41) is 3.61. The summed E-state index contributed by atoms with van der Waals surface area (Å²) < 4.78 is 5.39. The second-order valence-corrected chi connectivity index (χ2v) is 7.55. The highest BCUT2D eigenvalue weighted by molar-refractivity contribution is 6.30. The smallest absolute Gasteiger partial charge is 0.410 e. The van der Waals surface area contributed by atoms with Gasteiger partial charge in [-0.3, -0.25) is 4.79 Å². The highest BCUT2D eigenvalue weighted by Gasteiger charge is 2.30. The molecule has 0 radical (unpaired) electrons. The van der Waals surface area contributed by atoms with Crippen molar-refractivity contribution in [2.75, 3.05) is 13.1 Å². The Kier molecular flexibility index (Phi) is 6.10. The van der Waals surface area contributed by atoms with Crippen LogP contribution in [-0.2, 0) is 16.1 Å². The predicted molar refractivity (Wildman–Crippen MR) is 93.8 cm³/mol. The Balaban J connectivity index is 1.85. The van der Waals surface area contributed by atoms with Crippen molar-refractivity contribution in [3.8, 4) is 0 Å². The Morgan fingerprint density at radius 3 is 2.58 bits per heavy atom. The van der Waals surface area contributed by atoms with Gasteiger partial charge in [0.25, 0.3) is 0 Å². The molecule has 1 aliphatic heterocycles. The zero-order chi connectivity index (χ0) is 17.7. The standard InChI is InChI=1S/C18H25ClN2O3/c1-18(2,3)24-17(23)21-10-4-5-14(12-21)16(22)20-11-13-6-8-15(19)9-7-13/h6-9,14H,4-5,10-12H2,1-3H3,(H,20,22). The number of piperidine rings is 1. The number of rotatable bonds is 3. The van der Waals surface area contributed by atoms with Gasteiger partial charge in [0.2, 0.25) is 5.91 Å². The predicted octanol–water partition coefficient (Wildman–Crippen LogP) is 3.60. The molecule has 1 aliphatic rings. The monoisotopic (exact) mass is 352 g/mol. The third kappa shape index (κ3) is 5.71. The first-order valence-corrected chi connectivity index (χ1v) is 8.62. The van der Waals surface area contributed by atoms with E-state index in [0.29, 0.717) is 24.7 Å². The van der Waals surface area contributed by atoms with Crippen LogP contribution in [-0.4, -0.2) is 35.6 Å². The maximum absolute atomic E-state index is 12.4. The summed E-state index contributed by atoms with van der Waals surface area (Å²) in [6.45, 7) is 7.01. The van der Waals surface area contributed by atoms with Crippen molar-refractivity contribution in [3.63, 3.8) is 0 Å². The Labute approximate surface area is 148 Å². The van der Waals surface area contributed by atoms with Gasteiger partial charge in [0.05, 0.1) is 5.92 Å². The number of nitrogens with zero attached hydrogens (tertiary/aromatic N) is 1. The van der Waals surface area contributed by atoms with Crippen LogP contribution in [0, 0.1) is 5.92 Å². The second-order valence-electron chi connectivity index (χ2n) is 7.11. The zero-order valence-electron chi connectivity index (χ0n) is 14.5. The molecule has 1 fully saturated rings. The largest absolute Gasteiger partial charge is 0.444 e. The van der Waals surface area contributed by atoms with E-state index in [1.54, 1.807) is 17.0 Å². The van der Waals surface area contributed by atoms with Crippen molar-refractivity contribution in [2.45, 2.75) is 45.8 Å². The molecular weight excluding hydrogens is 328 g/mol. The lowest BCUT2D eigenvalue weighted by Crippen LogP contribution is -2.46. The van der Waals surface area contributed by atoms with Gasteiger partial charge < -0.3 is 15.0 Å². The molecule has 5 nitrogen and oxygen atoms in total. The first kappa shape index (κ1) is 18.6. The van der Waals surface area contributed by atoms with E-state index in [4.69, 9.17) is 16.3 Å². The van der Waals surface area contributed by atoms with Gasteiger partial charge in [-0.05, 0) is 51.3 Å². The molecule has 1 aromatic carbocycles. The maximum atomic E-state index is 12.4. The van der Waals surface area contributed by atoms with E-state index < -0.39 is 5.60 Å². The number of hydrogen-bond acceptors (Lipinski definition) is 3. The fraction of sp³-hybridized carbons (Fsp3) is 0.556. The van der Waals surface area contributed by atoms with Gasteiger partial charge in [0, 0.05) is 24.7 Å². The molecule has 0 spiro atoms. The van der Waals surface area contributed by atoms with Gasteiger partial charge in [0.15, 0.2) is 0 Å². The SMILES string of the molecule is CC(C)(C)OC(=O)N1CCCC(C(=O)NCc2ccc(Cl)cc2)C1. The molecule has 0 bridgehead atoms. The lowest BCUT2D eigenvalue weighted by atomic mass is 9.97. The molecule has 1 N–H and O–H groups in total. The van der Waals surface area contributed by atoms with Crippen LogP contribution in [0.5, 0.6) is 0 Å². The number of amides is 2. The molecule has 1 unspecified atom stereocenters. The average molecular weight is 353 g/mol. The molecule has 0 saturated carbocycles. The summed E-state index contributed by atoms with van der Waals surface area (Å²) >= 11 is 5.85. The highest BCUT2D eigenvalue weighted by atomic mass is 35.5. The molecular formula is C18H25ClN2O3. The minimum Gasteiger partial charge on any atom is -0.444 e. The van der Waals surface area contributed by atoms with Crippen molar-refractivity contribution in [1.82, 2.24) is 10.2 Å². The Morgan fingerprint density at radius 1 is 1.29 bits per heavy atom. The van der Waals surface area contributed by atoms with Crippen LogP contribution in [0.15, 0.2) is 24.3 Å². The average Bonchev–Trinajstić information content (AvgIpc) is 2.52. The number of nitrogens with one attached hydrogen (secondary N) is 1. The molecule has 1 aromatic rings. The summed E-state index contributed by atoms with van der Waals surface area (Å²) in [4.78, 5) is 26.2.